The molecule has 0 atom stereocenters. The van der Waals surface area contributed by atoms with Crippen LogP contribution in [0.3, 0.4) is 0 Å². The molecule has 146 valence electrons. The SMILES string of the molecule is CCOC(=O)c1n[nH]c(C2CCN(Cc3cccc4c3NCC4)CC2)n1.Cl. The molecule has 1 fully saturated rings. The number of nitrogens with zero attached hydrogens (tertiary/aromatic N) is 3. The minimum Gasteiger partial charge on any atom is -0.460 e. The van der Waals surface area contributed by atoms with Crippen LogP contribution in [0.4, 0.5) is 5.69 Å². The first-order valence-corrected chi connectivity index (χ1v) is 9.41. The van der Waals surface area contributed by atoms with E-state index in [0.29, 0.717) is 12.5 Å². The Morgan fingerprint density at radius 1 is 1.33 bits per heavy atom. The second kappa shape index (κ2) is 8.71. The minimum atomic E-state index is -0.460. The summed E-state index contributed by atoms with van der Waals surface area (Å²) in [6, 6.07) is 6.61. The molecule has 2 aliphatic rings. The summed E-state index contributed by atoms with van der Waals surface area (Å²) >= 11 is 0. The van der Waals surface area contributed by atoms with E-state index in [2.05, 4.69) is 43.6 Å². The van der Waals surface area contributed by atoms with Gasteiger partial charge in [0.1, 0.15) is 5.82 Å². The third-order valence-corrected chi connectivity index (χ3v) is 5.26. The molecule has 3 heterocycles. The predicted octanol–water partition coefficient (Wildman–Crippen LogP) is 2.75. The summed E-state index contributed by atoms with van der Waals surface area (Å²) in [7, 11) is 0. The van der Waals surface area contributed by atoms with Crippen LogP contribution in [-0.4, -0.2) is 52.3 Å². The lowest BCUT2D eigenvalue weighted by Gasteiger charge is -2.31. The standard InChI is InChI=1S/C19H25N5O2.ClH/c1-2-26-19(25)18-21-17(22-23-18)14-7-10-24(11-8-14)12-15-5-3-4-13-6-9-20-16(13)15;/h3-5,14,20H,2,6-12H2,1H3,(H,21,22,23);1H. The van der Waals surface area contributed by atoms with Gasteiger partial charge in [0.25, 0.3) is 5.82 Å². The molecular weight excluding hydrogens is 366 g/mol. The molecule has 0 radical (unpaired) electrons. The molecule has 4 rings (SSSR count). The van der Waals surface area contributed by atoms with E-state index in [9.17, 15) is 4.79 Å². The highest BCUT2D eigenvalue weighted by Gasteiger charge is 2.25. The lowest BCUT2D eigenvalue weighted by atomic mass is 9.95. The van der Waals surface area contributed by atoms with Crippen LogP contribution in [-0.2, 0) is 17.7 Å². The zero-order chi connectivity index (χ0) is 17.9. The summed E-state index contributed by atoms with van der Waals surface area (Å²) in [4.78, 5) is 18.5. The van der Waals surface area contributed by atoms with E-state index in [-0.39, 0.29) is 18.2 Å². The summed E-state index contributed by atoms with van der Waals surface area (Å²) in [6.07, 6.45) is 3.15. The van der Waals surface area contributed by atoms with Gasteiger partial charge in [-0.05, 0) is 50.4 Å². The molecule has 0 unspecified atom stereocenters. The number of hydrogen-bond acceptors (Lipinski definition) is 6. The van der Waals surface area contributed by atoms with Crippen molar-refractivity contribution in [2.24, 2.45) is 0 Å². The molecular formula is C19H26ClN5O2. The topological polar surface area (TPSA) is 83.1 Å². The van der Waals surface area contributed by atoms with Crippen LogP contribution in [0.2, 0.25) is 0 Å². The Kier molecular flexibility index (Phi) is 6.34. The second-order valence-electron chi connectivity index (χ2n) is 6.94. The number of carbonyl (C=O) groups excluding carboxylic acids is 1. The van der Waals surface area contributed by atoms with Crippen molar-refractivity contribution in [2.75, 3.05) is 31.6 Å². The summed E-state index contributed by atoms with van der Waals surface area (Å²) in [6.45, 7) is 6.17. The Hall–Kier alpha value is -2.12. The number of anilines is 1. The van der Waals surface area contributed by atoms with Gasteiger partial charge in [-0.2, -0.15) is 0 Å². The maximum Gasteiger partial charge on any atom is 0.378 e. The van der Waals surface area contributed by atoms with Crippen molar-refractivity contribution >= 4 is 24.1 Å². The molecule has 8 heteroatoms. The number of nitrogens with one attached hydrogen (secondary N) is 2. The van der Waals surface area contributed by atoms with Gasteiger partial charge in [0.15, 0.2) is 0 Å². The number of aromatic nitrogens is 3. The molecule has 1 saturated heterocycles. The Morgan fingerprint density at radius 3 is 2.93 bits per heavy atom. The first-order valence-electron chi connectivity index (χ1n) is 9.41. The molecule has 2 aromatic rings. The molecule has 27 heavy (non-hydrogen) atoms. The number of likely N-dealkylation sites (tertiary alicyclic amines) is 1. The fourth-order valence-corrected chi connectivity index (χ4v) is 3.89. The Balaban J connectivity index is 0.00000210. The van der Waals surface area contributed by atoms with Crippen molar-refractivity contribution in [3.8, 4) is 0 Å². The van der Waals surface area contributed by atoms with Crippen molar-refractivity contribution in [3.05, 3.63) is 41.0 Å². The maximum atomic E-state index is 11.7. The number of piperidine rings is 1. The highest BCUT2D eigenvalue weighted by Crippen LogP contribution is 2.30. The molecule has 2 N–H and O–H groups in total. The molecule has 0 spiro atoms. The minimum absolute atomic E-state index is 0. The maximum absolute atomic E-state index is 11.7. The van der Waals surface area contributed by atoms with E-state index in [0.717, 1.165) is 51.3 Å². The summed E-state index contributed by atoms with van der Waals surface area (Å²) in [5, 5.41) is 10.4. The Bertz CT molecular complexity index is 786. The average molecular weight is 392 g/mol. The van der Waals surface area contributed by atoms with Crippen LogP contribution >= 0.6 is 12.4 Å². The molecule has 7 nitrogen and oxygen atoms in total. The van der Waals surface area contributed by atoms with Crippen molar-refractivity contribution < 1.29 is 9.53 Å². The monoisotopic (exact) mass is 391 g/mol. The van der Waals surface area contributed by atoms with Crippen LogP contribution in [0.15, 0.2) is 18.2 Å². The molecule has 0 aliphatic carbocycles. The van der Waals surface area contributed by atoms with Crippen molar-refractivity contribution in [1.29, 1.82) is 0 Å². The number of H-pyrrole nitrogens is 1. The van der Waals surface area contributed by atoms with Crippen molar-refractivity contribution in [2.45, 2.75) is 38.6 Å². The highest BCUT2D eigenvalue weighted by molar-refractivity contribution is 5.85. The molecule has 1 aromatic heterocycles. The van der Waals surface area contributed by atoms with E-state index < -0.39 is 5.97 Å². The van der Waals surface area contributed by atoms with Gasteiger partial charge in [0, 0.05) is 24.7 Å². The number of aromatic amines is 1. The van der Waals surface area contributed by atoms with Gasteiger partial charge >= 0.3 is 5.97 Å². The number of hydrogen-bond donors (Lipinski definition) is 2. The fourth-order valence-electron chi connectivity index (χ4n) is 3.89. The van der Waals surface area contributed by atoms with Gasteiger partial charge < -0.3 is 10.1 Å². The van der Waals surface area contributed by atoms with Gasteiger partial charge in [0.2, 0.25) is 0 Å². The van der Waals surface area contributed by atoms with E-state index in [4.69, 9.17) is 4.74 Å². The summed E-state index contributed by atoms with van der Waals surface area (Å²) in [5.74, 6) is 0.796. The Morgan fingerprint density at radius 2 is 2.15 bits per heavy atom. The number of benzene rings is 1. The smallest absolute Gasteiger partial charge is 0.378 e. The number of rotatable bonds is 5. The Labute approximate surface area is 165 Å². The number of esters is 1. The molecule has 2 aliphatic heterocycles. The van der Waals surface area contributed by atoms with Crippen molar-refractivity contribution in [1.82, 2.24) is 20.1 Å². The average Bonchev–Trinajstić information content (AvgIpc) is 3.33. The summed E-state index contributed by atoms with van der Waals surface area (Å²) < 4.78 is 4.95. The van der Waals surface area contributed by atoms with Gasteiger partial charge in [-0.15, -0.1) is 17.5 Å². The van der Waals surface area contributed by atoms with Crippen LogP contribution in [0, 0.1) is 0 Å². The van der Waals surface area contributed by atoms with E-state index in [1.807, 2.05) is 0 Å². The zero-order valence-electron chi connectivity index (χ0n) is 15.5. The van der Waals surface area contributed by atoms with E-state index in [1.165, 1.54) is 16.8 Å². The predicted molar refractivity (Wildman–Crippen MR) is 105 cm³/mol. The second-order valence-corrected chi connectivity index (χ2v) is 6.94. The van der Waals surface area contributed by atoms with Crippen LogP contribution in [0.25, 0.3) is 0 Å². The lowest BCUT2D eigenvalue weighted by Crippen LogP contribution is -2.33. The lowest BCUT2D eigenvalue weighted by molar-refractivity contribution is 0.0512. The molecule has 0 saturated carbocycles. The fraction of sp³-hybridized carbons (Fsp3) is 0.526. The van der Waals surface area contributed by atoms with Gasteiger partial charge in [-0.3, -0.25) is 10.00 Å². The number of ether oxygens (including phenoxy) is 1. The summed E-state index contributed by atoms with van der Waals surface area (Å²) in [5.41, 5.74) is 4.16. The third kappa shape index (κ3) is 4.25. The quantitative estimate of drug-likeness (QED) is 0.762. The number of fused-ring (bicyclic) bond motifs is 1. The molecule has 0 bridgehead atoms. The van der Waals surface area contributed by atoms with Gasteiger partial charge in [0.05, 0.1) is 6.61 Å². The van der Waals surface area contributed by atoms with E-state index >= 15 is 0 Å². The third-order valence-electron chi connectivity index (χ3n) is 5.26. The van der Waals surface area contributed by atoms with Gasteiger partial charge in [-0.25, -0.2) is 9.78 Å². The van der Waals surface area contributed by atoms with Gasteiger partial charge in [-0.1, -0.05) is 18.2 Å². The van der Waals surface area contributed by atoms with Crippen LogP contribution in [0.1, 0.15) is 53.3 Å². The largest absolute Gasteiger partial charge is 0.460 e. The molecule has 1 aromatic carbocycles. The zero-order valence-corrected chi connectivity index (χ0v) is 16.3. The normalized spacial score (nSPS) is 17.1. The van der Waals surface area contributed by atoms with Crippen molar-refractivity contribution in [3.63, 3.8) is 0 Å². The number of halogens is 1. The first-order chi connectivity index (χ1) is 12.7. The first kappa shape index (κ1) is 19.6. The number of para-hydroxylation sites is 1. The number of carbonyl (C=O) groups is 1. The van der Waals surface area contributed by atoms with E-state index in [1.54, 1.807) is 6.92 Å². The van der Waals surface area contributed by atoms with Crippen LogP contribution in [0.5, 0.6) is 0 Å². The van der Waals surface area contributed by atoms with Crippen LogP contribution < -0.4 is 5.32 Å². The molecule has 0 amide bonds. The highest BCUT2D eigenvalue weighted by atomic mass is 35.5.